The molecule has 5 nitrogen and oxygen atoms in total. The van der Waals surface area contributed by atoms with Crippen LogP contribution in [0.15, 0.2) is 12.1 Å². The molecule has 0 aromatic heterocycles. The average molecular weight is 391 g/mol. The lowest BCUT2D eigenvalue weighted by Gasteiger charge is -2.38. The zero-order valence-electron chi connectivity index (χ0n) is 14.7. The third-order valence-corrected chi connectivity index (χ3v) is 5.41. The number of nitrogens with one attached hydrogen (secondary N) is 1. The minimum atomic E-state index is 0. The maximum Gasteiger partial charge on any atom is 0.231 e. The molecule has 4 rings (SSSR count). The van der Waals surface area contributed by atoms with Crippen LogP contribution in [0.1, 0.15) is 37.3 Å². The summed E-state index contributed by atoms with van der Waals surface area (Å²) >= 11 is 0. The second kappa shape index (κ2) is 9.17. The van der Waals surface area contributed by atoms with Crippen molar-refractivity contribution in [3.8, 4) is 17.2 Å². The van der Waals surface area contributed by atoms with E-state index in [2.05, 4.69) is 22.3 Å². The molecule has 2 heterocycles. The SMILES string of the molecule is COc1cc([C@@H](C2CCCC2)N2CCNCC2)cc2c1OCO2.Cl.Cl. The van der Waals surface area contributed by atoms with E-state index in [4.69, 9.17) is 14.2 Å². The van der Waals surface area contributed by atoms with Gasteiger partial charge in [-0.05, 0) is 36.5 Å². The molecule has 1 saturated heterocycles. The molecule has 3 aliphatic rings. The lowest BCUT2D eigenvalue weighted by Crippen LogP contribution is -2.46. The number of methoxy groups -OCH3 is 1. The predicted octanol–water partition coefficient (Wildman–Crippen LogP) is 3.40. The van der Waals surface area contributed by atoms with Crippen LogP contribution in [0, 0.1) is 5.92 Å². The number of fused-ring (bicyclic) bond motifs is 1. The molecule has 0 bridgehead atoms. The summed E-state index contributed by atoms with van der Waals surface area (Å²) in [6.07, 6.45) is 5.36. The van der Waals surface area contributed by atoms with E-state index in [1.807, 2.05) is 0 Å². The van der Waals surface area contributed by atoms with Gasteiger partial charge in [0, 0.05) is 32.2 Å². The normalized spacial score (nSPS) is 21.3. The first-order chi connectivity index (χ1) is 11.4. The van der Waals surface area contributed by atoms with Crippen molar-refractivity contribution in [2.45, 2.75) is 31.7 Å². The van der Waals surface area contributed by atoms with E-state index in [1.54, 1.807) is 7.11 Å². The van der Waals surface area contributed by atoms with Gasteiger partial charge in [-0.2, -0.15) is 0 Å². The molecule has 1 saturated carbocycles. The summed E-state index contributed by atoms with van der Waals surface area (Å²) in [5.41, 5.74) is 1.32. The fraction of sp³-hybridized carbons (Fsp3) is 0.667. The number of ether oxygens (including phenoxy) is 3. The van der Waals surface area contributed by atoms with Gasteiger partial charge in [-0.3, -0.25) is 4.90 Å². The van der Waals surface area contributed by atoms with Crippen molar-refractivity contribution in [1.29, 1.82) is 0 Å². The summed E-state index contributed by atoms with van der Waals surface area (Å²) in [7, 11) is 1.70. The molecule has 0 amide bonds. The summed E-state index contributed by atoms with van der Waals surface area (Å²) in [5.74, 6) is 3.12. The Hall–Kier alpha value is -0.880. The van der Waals surface area contributed by atoms with Crippen LogP contribution < -0.4 is 19.5 Å². The van der Waals surface area contributed by atoms with Crippen LogP contribution in [0.5, 0.6) is 17.2 Å². The van der Waals surface area contributed by atoms with Crippen LogP contribution in [-0.2, 0) is 0 Å². The summed E-state index contributed by atoms with van der Waals surface area (Å²) in [5, 5.41) is 3.46. The van der Waals surface area contributed by atoms with E-state index in [1.165, 1.54) is 31.2 Å². The van der Waals surface area contributed by atoms with Gasteiger partial charge in [0.25, 0.3) is 0 Å². The molecule has 142 valence electrons. The molecule has 0 spiro atoms. The zero-order chi connectivity index (χ0) is 15.6. The fourth-order valence-electron chi connectivity index (χ4n) is 4.34. The summed E-state index contributed by atoms with van der Waals surface area (Å²) in [6, 6.07) is 4.80. The third kappa shape index (κ3) is 4.11. The van der Waals surface area contributed by atoms with Crippen molar-refractivity contribution in [3.05, 3.63) is 17.7 Å². The van der Waals surface area contributed by atoms with Crippen LogP contribution in [0.3, 0.4) is 0 Å². The molecule has 25 heavy (non-hydrogen) atoms. The van der Waals surface area contributed by atoms with Gasteiger partial charge in [-0.15, -0.1) is 24.8 Å². The molecular weight excluding hydrogens is 363 g/mol. The number of hydrogen-bond donors (Lipinski definition) is 1. The first kappa shape index (κ1) is 20.4. The summed E-state index contributed by atoms with van der Waals surface area (Å²) < 4.78 is 16.8. The average Bonchev–Trinajstić information content (AvgIpc) is 3.27. The quantitative estimate of drug-likeness (QED) is 0.852. The Morgan fingerprint density at radius 3 is 2.52 bits per heavy atom. The summed E-state index contributed by atoms with van der Waals surface area (Å²) in [4.78, 5) is 2.64. The minimum absolute atomic E-state index is 0. The van der Waals surface area contributed by atoms with Crippen LogP contribution >= 0.6 is 24.8 Å². The summed E-state index contributed by atoms with van der Waals surface area (Å²) in [6.45, 7) is 4.66. The van der Waals surface area contributed by atoms with Crippen molar-refractivity contribution in [3.63, 3.8) is 0 Å². The standard InChI is InChI=1S/C18H26N2O3.2ClH/c1-21-15-10-14(11-16-18(15)23-12-22-16)17(13-4-2-3-5-13)20-8-6-19-7-9-20;;/h10-11,13,17,19H,2-9,12H2,1H3;2*1H/t17-;;/m1../s1. The Balaban J connectivity index is 0.00000113. The van der Waals surface area contributed by atoms with Crippen LogP contribution in [0.4, 0.5) is 0 Å². The molecule has 2 fully saturated rings. The highest BCUT2D eigenvalue weighted by molar-refractivity contribution is 5.85. The van der Waals surface area contributed by atoms with E-state index in [9.17, 15) is 0 Å². The molecule has 1 aromatic carbocycles. The Morgan fingerprint density at radius 1 is 1.12 bits per heavy atom. The Bertz CT molecular complexity index is 561. The van der Waals surface area contributed by atoms with Gasteiger partial charge in [0.2, 0.25) is 12.5 Å². The van der Waals surface area contributed by atoms with Gasteiger partial charge >= 0.3 is 0 Å². The lowest BCUT2D eigenvalue weighted by atomic mass is 9.89. The Morgan fingerprint density at radius 2 is 1.84 bits per heavy atom. The molecule has 0 radical (unpaired) electrons. The first-order valence-corrected chi connectivity index (χ1v) is 8.79. The highest BCUT2D eigenvalue weighted by Crippen LogP contribution is 2.47. The van der Waals surface area contributed by atoms with Crippen molar-refractivity contribution in [2.75, 3.05) is 40.1 Å². The predicted molar refractivity (Wildman–Crippen MR) is 103 cm³/mol. The van der Waals surface area contributed by atoms with Crippen molar-refractivity contribution in [1.82, 2.24) is 10.2 Å². The third-order valence-electron chi connectivity index (χ3n) is 5.41. The molecule has 1 atom stereocenters. The van der Waals surface area contributed by atoms with E-state index in [0.717, 1.165) is 49.3 Å². The number of hydrogen-bond acceptors (Lipinski definition) is 5. The lowest BCUT2D eigenvalue weighted by molar-refractivity contribution is 0.125. The molecule has 2 aliphatic heterocycles. The van der Waals surface area contributed by atoms with Gasteiger partial charge in [0.15, 0.2) is 11.5 Å². The van der Waals surface area contributed by atoms with Gasteiger partial charge < -0.3 is 19.5 Å². The first-order valence-electron chi connectivity index (χ1n) is 8.79. The van der Waals surface area contributed by atoms with Crippen LogP contribution in [-0.4, -0.2) is 45.0 Å². The van der Waals surface area contributed by atoms with Crippen molar-refractivity contribution >= 4 is 24.8 Å². The van der Waals surface area contributed by atoms with Crippen LogP contribution in [0.25, 0.3) is 0 Å². The Labute approximate surface area is 162 Å². The number of benzene rings is 1. The van der Waals surface area contributed by atoms with Crippen molar-refractivity contribution in [2.24, 2.45) is 5.92 Å². The van der Waals surface area contributed by atoms with Gasteiger partial charge in [-0.25, -0.2) is 0 Å². The maximum absolute atomic E-state index is 5.65. The van der Waals surface area contributed by atoms with Crippen molar-refractivity contribution < 1.29 is 14.2 Å². The zero-order valence-corrected chi connectivity index (χ0v) is 16.3. The van der Waals surface area contributed by atoms with Gasteiger partial charge in [0.05, 0.1) is 7.11 Å². The van der Waals surface area contributed by atoms with Gasteiger partial charge in [-0.1, -0.05) is 12.8 Å². The topological polar surface area (TPSA) is 43.0 Å². The number of piperazine rings is 1. The minimum Gasteiger partial charge on any atom is -0.493 e. The monoisotopic (exact) mass is 390 g/mol. The number of nitrogens with zero attached hydrogens (tertiary/aromatic N) is 1. The number of rotatable bonds is 4. The van der Waals surface area contributed by atoms with Gasteiger partial charge in [0.1, 0.15) is 0 Å². The number of halogens is 2. The van der Waals surface area contributed by atoms with Crippen LogP contribution in [0.2, 0.25) is 0 Å². The van der Waals surface area contributed by atoms with E-state index < -0.39 is 0 Å². The second-order valence-electron chi connectivity index (χ2n) is 6.73. The molecule has 0 unspecified atom stereocenters. The Kier molecular flexibility index (Phi) is 7.50. The second-order valence-corrected chi connectivity index (χ2v) is 6.73. The molecule has 1 N–H and O–H groups in total. The van der Waals surface area contributed by atoms with E-state index in [0.29, 0.717) is 6.04 Å². The molecule has 7 heteroatoms. The fourth-order valence-corrected chi connectivity index (χ4v) is 4.34. The maximum atomic E-state index is 5.65. The smallest absolute Gasteiger partial charge is 0.231 e. The van der Waals surface area contributed by atoms with E-state index in [-0.39, 0.29) is 31.6 Å². The molecule has 1 aromatic rings. The molecule has 1 aliphatic carbocycles. The molecular formula is C18H28Cl2N2O3. The highest BCUT2D eigenvalue weighted by Gasteiger charge is 2.34. The highest BCUT2D eigenvalue weighted by atomic mass is 35.5. The van der Waals surface area contributed by atoms with E-state index >= 15 is 0 Å². The largest absolute Gasteiger partial charge is 0.493 e.